The molecule has 1 aromatic rings. The maximum absolute atomic E-state index is 11.9. The van der Waals surface area contributed by atoms with Crippen LogP contribution in [0, 0.1) is 0 Å². The Hall–Kier alpha value is -1.65. The van der Waals surface area contributed by atoms with Gasteiger partial charge in [-0.2, -0.15) is 0 Å². The fourth-order valence-corrected chi connectivity index (χ4v) is 1.58. The van der Waals surface area contributed by atoms with E-state index in [2.05, 4.69) is 41.4 Å². The lowest BCUT2D eigenvalue weighted by Crippen LogP contribution is -2.25. The Kier molecular flexibility index (Phi) is 6.85. The number of aromatic nitrogens is 2. The zero-order valence-electron chi connectivity index (χ0n) is 12.1. The normalized spacial score (nSPS) is 11.9. The Labute approximate surface area is 115 Å². The molecule has 0 fully saturated rings. The predicted molar refractivity (Wildman–Crippen MR) is 77.3 cm³/mol. The van der Waals surface area contributed by atoms with Gasteiger partial charge in [0.25, 0.3) is 5.91 Å². The summed E-state index contributed by atoms with van der Waals surface area (Å²) in [7, 11) is 0. The topological polar surface area (TPSA) is 66.9 Å². The molecule has 1 atom stereocenters. The third-order valence-corrected chi connectivity index (χ3v) is 2.97. The van der Waals surface area contributed by atoms with Crippen molar-refractivity contribution in [2.45, 2.75) is 52.5 Å². The average molecular weight is 264 g/mol. The molecular weight excluding hydrogens is 240 g/mol. The Morgan fingerprint density at radius 3 is 2.79 bits per heavy atom. The number of nitrogens with zero attached hydrogens (tertiary/aromatic N) is 2. The number of hydrogen-bond donors (Lipinski definition) is 2. The summed E-state index contributed by atoms with van der Waals surface area (Å²) in [5.74, 6) is 0.564. The van der Waals surface area contributed by atoms with Crippen molar-refractivity contribution in [3.05, 3.63) is 18.1 Å². The van der Waals surface area contributed by atoms with Crippen LogP contribution in [0.5, 0.6) is 0 Å². The second kappa shape index (κ2) is 8.45. The maximum Gasteiger partial charge on any atom is 0.270 e. The van der Waals surface area contributed by atoms with Gasteiger partial charge in [0, 0.05) is 18.7 Å². The molecule has 1 heterocycles. The molecule has 0 aliphatic rings. The molecule has 106 valence electrons. The van der Waals surface area contributed by atoms with Crippen molar-refractivity contribution in [1.82, 2.24) is 15.3 Å². The number of anilines is 1. The highest BCUT2D eigenvalue weighted by molar-refractivity contribution is 5.92. The van der Waals surface area contributed by atoms with Crippen molar-refractivity contribution in [1.29, 1.82) is 0 Å². The fraction of sp³-hybridized carbons (Fsp3) is 0.643. The minimum atomic E-state index is -0.134. The van der Waals surface area contributed by atoms with Crippen LogP contribution in [0.25, 0.3) is 0 Å². The average Bonchev–Trinajstić information content (AvgIpc) is 2.43. The molecule has 2 N–H and O–H groups in total. The highest BCUT2D eigenvalue weighted by atomic mass is 16.1. The molecule has 0 aromatic carbocycles. The summed E-state index contributed by atoms with van der Waals surface area (Å²) in [5.41, 5.74) is 0.414. The number of carbonyl (C=O) groups excluding carboxylic acids is 1. The second-order valence-electron chi connectivity index (χ2n) is 4.71. The van der Waals surface area contributed by atoms with Crippen molar-refractivity contribution in [3.8, 4) is 0 Å². The minimum absolute atomic E-state index is 0.134. The van der Waals surface area contributed by atoms with E-state index in [1.165, 1.54) is 6.33 Å². The number of unbranched alkanes of at least 4 members (excludes halogenated alkanes) is 2. The Morgan fingerprint density at radius 1 is 1.32 bits per heavy atom. The van der Waals surface area contributed by atoms with Gasteiger partial charge in [-0.25, -0.2) is 9.97 Å². The highest BCUT2D eigenvalue weighted by Gasteiger charge is 2.08. The summed E-state index contributed by atoms with van der Waals surface area (Å²) < 4.78 is 0. The van der Waals surface area contributed by atoms with Crippen LogP contribution >= 0.6 is 0 Å². The first kappa shape index (κ1) is 15.4. The van der Waals surface area contributed by atoms with Gasteiger partial charge in [0.1, 0.15) is 17.8 Å². The molecule has 0 radical (unpaired) electrons. The maximum atomic E-state index is 11.9. The molecule has 0 saturated heterocycles. The van der Waals surface area contributed by atoms with E-state index < -0.39 is 0 Å². The molecule has 0 spiro atoms. The predicted octanol–water partition coefficient (Wildman–Crippen LogP) is 2.61. The molecule has 1 rings (SSSR count). The lowest BCUT2D eigenvalue weighted by atomic mass is 10.2. The van der Waals surface area contributed by atoms with Gasteiger partial charge in [0.2, 0.25) is 0 Å². The molecule has 0 aliphatic carbocycles. The van der Waals surface area contributed by atoms with Crippen LogP contribution in [-0.2, 0) is 0 Å². The monoisotopic (exact) mass is 264 g/mol. The Bertz CT molecular complexity index is 395. The summed E-state index contributed by atoms with van der Waals surface area (Å²) in [6.07, 6.45) is 5.71. The summed E-state index contributed by atoms with van der Waals surface area (Å²) in [5, 5.41) is 6.10. The summed E-state index contributed by atoms with van der Waals surface area (Å²) in [6, 6.07) is 2.02. The van der Waals surface area contributed by atoms with E-state index in [0.717, 1.165) is 25.7 Å². The van der Waals surface area contributed by atoms with E-state index in [1.54, 1.807) is 6.07 Å². The van der Waals surface area contributed by atoms with Gasteiger partial charge in [-0.05, 0) is 19.8 Å². The van der Waals surface area contributed by atoms with Crippen molar-refractivity contribution in [3.63, 3.8) is 0 Å². The van der Waals surface area contributed by atoms with Crippen molar-refractivity contribution in [2.24, 2.45) is 0 Å². The molecule has 5 nitrogen and oxygen atoms in total. The lowest BCUT2D eigenvalue weighted by Gasteiger charge is -2.12. The summed E-state index contributed by atoms with van der Waals surface area (Å²) in [4.78, 5) is 20.0. The van der Waals surface area contributed by atoms with E-state index in [0.29, 0.717) is 24.1 Å². The SMILES string of the molecule is CCCCCNC(=O)c1cc(NC(C)CC)ncn1. The first-order chi connectivity index (χ1) is 9.17. The first-order valence-corrected chi connectivity index (χ1v) is 7.04. The third-order valence-electron chi connectivity index (χ3n) is 2.97. The molecule has 1 amide bonds. The van der Waals surface area contributed by atoms with Crippen LogP contribution in [0.15, 0.2) is 12.4 Å². The van der Waals surface area contributed by atoms with Crippen LogP contribution in [0.4, 0.5) is 5.82 Å². The fourth-order valence-electron chi connectivity index (χ4n) is 1.58. The van der Waals surface area contributed by atoms with E-state index >= 15 is 0 Å². The number of hydrogen-bond acceptors (Lipinski definition) is 4. The van der Waals surface area contributed by atoms with Gasteiger partial charge < -0.3 is 10.6 Å². The smallest absolute Gasteiger partial charge is 0.270 e. The van der Waals surface area contributed by atoms with Gasteiger partial charge >= 0.3 is 0 Å². The summed E-state index contributed by atoms with van der Waals surface area (Å²) in [6.45, 7) is 7.01. The largest absolute Gasteiger partial charge is 0.368 e. The Morgan fingerprint density at radius 2 is 2.11 bits per heavy atom. The van der Waals surface area contributed by atoms with Gasteiger partial charge in [0.05, 0.1) is 0 Å². The highest BCUT2D eigenvalue weighted by Crippen LogP contribution is 2.07. The number of nitrogens with one attached hydrogen (secondary N) is 2. The molecule has 0 saturated carbocycles. The number of rotatable bonds is 8. The van der Waals surface area contributed by atoms with E-state index in [4.69, 9.17) is 0 Å². The molecule has 0 aliphatic heterocycles. The van der Waals surface area contributed by atoms with Crippen LogP contribution in [-0.4, -0.2) is 28.5 Å². The zero-order chi connectivity index (χ0) is 14.1. The molecule has 0 bridgehead atoms. The van der Waals surface area contributed by atoms with E-state index in [1.807, 2.05) is 0 Å². The number of carbonyl (C=O) groups is 1. The van der Waals surface area contributed by atoms with Crippen LogP contribution < -0.4 is 10.6 Å². The molecular formula is C14H24N4O. The quantitative estimate of drug-likeness (QED) is 0.708. The zero-order valence-corrected chi connectivity index (χ0v) is 12.1. The minimum Gasteiger partial charge on any atom is -0.368 e. The molecule has 19 heavy (non-hydrogen) atoms. The van der Waals surface area contributed by atoms with Crippen molar-refractivity contribution < 1.29 is 4.79 Å². The van der Waals surface area contributed by atoms with Crippen LogP contribution in [0.1, 0.15) is 56.9 Å². The van der Waals surface area contributed by atoms with Gasteiger partial charge in [-0.1, -0.05) is 26.7 Å². The molecule has 1 unspecified atom stereocenters. The van der Waals surface area contributed by atoms with Gasteiger partial charge in [0.15, 0.2) is 0 Å². The van der Waals surface area contributed by atoms with Crippen molar-refractivity contribution in [2.75, 3.05) is 11.9 Å². The first-order valence-electron chi connectivity index (χ1n) is 7.04. The van der Waals surface area contributed by atoms with Crippen LogP contribution in [0.2, 0.25) is 0 Å². The summed E-state index contributed by atoms with van der Waals surface area (Å²) >= 11 is 0. The van der Waals surface area contributed by atoms with Gasteiger partial charge in [-0.3, -0.25) is 4.79 Å². The Balaban J connectivity index is 2.52. The lowest BCUT2D eigenvalue weighted by molar-refractivity contribution is 0.0948. The second-order valence-corrected chi connectivity index (χ2v) is 4.71. The van der Waals surface area contributed by atoms with Gasteiger partial charge in [-0.15, -0.1) is 0 Å². The van der Waals surface area contributed by atoms with E-state index in [-0.39, 0.29) is 5.91 Å². The van der Waals surface area contributed by atoms with Crippen molar-refractivity contribution >= 4 is 11.7 Å². The standard InChI is InChI=1S/C14H24N4O/c1-4-6-7-8-15-14(19)12-9-13(17-10-16-12)18-11(3)5-2/h9-11H,4-8H2,1-3H3,(H,15,19)(H,16,17,18). The number of amides is 1. The third kappa shape index (κ3) is 5.68. The van der Waals surface area contributed by atoms with E-state index in [9.17, 15) is 4.79 Å². The molecule has 1 aromatic heterocycles. The molecule has 5 heteroatoms. The van der Waals surface area contributed by atoms with Crippen LogP contribution in [0.3, 0.4) is 0 Å².